The van der Waals surface area contributed by atoms with E-state index < -0.39 is 0 Å². The van der Waals surface area contributed by atoms with E-state index in [0.29, 0.717) is 28.0 Å². The summed E-state index contributed by atoms with van der Waals surface area (Å²) < 4.78 is 10.2. The van der Waals surface area contributed by atoms with Crippen molar-refractivity contribution in [2.75, 3.05) is 20.3 Å². The van der Waals surface area contributed by atoms with Crippen LogP contribution in [-0.2, 0) is 9.53 Å². The van der Waals surface area contributed by atoms with Gasteiger partial charge < -0.3 is 15.2 Å². The van der Waals surface area contributed by atoms with Gasteiger partial charge in [0, 0.05) is 11.5 Å². The van der Waals surface area contributed by atoms with Gasteiger partial charge in [-0.3, -0.25) is 4.79 Å². The predicted molar refractivity (Wildman–Crippen MR) is 76.1 cm³/mol. The molecule has 4 nitrogen and oxygen atoms in total. The van der Waals surface area contributed by atoms with E-state index in [1.807, 2.05) is 0 Å². The van der Waals surface area contributed by atoms with Crippen LogP contribution in [0.15, 0.2) is 12.1 Å². The van der Waals surface area contributed by atoms with E-state index >= 15 is 0 Å². The molecule has 1 aromatic rings. The number of carbonyl (C=O) groups is 1. The van der Waals surface area contributed by atoms with Crippen LogP contribution >= 0.6 is 23.2 Å². The predicted octanol–water partition coefficient (Wildman–Crippen LogP) is 3.00. The van der Waals surface area contributed by atoms with Gasteiger partial charge in [0.05, 0.1) is 30.2 Å². The molecule has 0 aromatic heterocycles. The quantitative estimate of drug-likeness (QED) is 0.821. The minimum atomic E-state index is -0.323. The summed E-state index contributed by atoms with van der Waals surface area (Å²) in [5.41, 5.74) is 6.37. The highest BCUT2D eigenvalue weighted by Crippen LogP contribution is 2.39. The molecule has 19 heavy (non-hydrogen) atoms. The van der Waals surface area contributed by atoms with Gasteiger partial charge in [0.15, 0.2) is 0 Å². The van der Waals surface area contributed by atoms with Crippen LogP contribution in [0, 0.1) is 0 Å². The molecule has 1 atom stereocenters. The highest BCUT2D eigenvalue weighted by atomic mass is 35.5. The summed E-state index contributed by atoms with van der Waals surface area (Å²) in [5.74, 6) is -0.0506. The van der Waals surface area contributed by atoms with Crippen LogP contribution < -0.4 is 10.5 Å². The first-order valence-electron chi connectivity index (χ1n) is 5.92. The number of methoxy groups -OCH3 is 1. The first-order valence-corrected chi connectivity index (χ1v) is 6.68. The lowest BCUT2D eigenvalue weighted by atomic mass is 9.94. The van der Waals surface area contributed by atoms with Crippen molar-refractivity contribution < 1.29 is 14.3 Å². The molecule has 0 spiro atoms. The Morgan fingerprint density at radius 1 is 1.42 bits per heavy atom. The van der Waals surface area contributed by atoms with Crippen LogP contribution in [0.1, 0.15) is 24.8 Å². The molecular weight excluding hydrogens is 289 g/mol. The average molecular weight is 306 g/mol. The Morgan fingerprint density at radius 2 is 2.11 bits per heavy atom. The zero-order chi connectivity index (χ0) is 14.4. The molecule has 6 heteroatoms. The van der Waals surface area contributed by atoms with E-state index in [1.54, 1.807) is 19.1 Å². The highest BCUT2D eigenvalue weighted by molar-refractivity contribution is 6.42. The molecule has 2 N–H and O–H groups in total. The van der Waals surface area contributed by atoms with Crippen LogP contribution in [0.2, 0.25) is 10.0 Å². The van der Waals surface area contributed by atoms with E-state index in [-0.39, 0.29) is 24.9 Å². The zero-order valence-corrected chi connectivity index (χ0v) is 12.4. The van der Waals surface area contributed by atoms with Crippen molar-refractivity contribution in [1.82, 2.24) is 0 Å². The maximum absolute atomic E-state index is 11.6. The number of carbonyl (C=O) groups excluding carboxylic acids is 1. The van der Waals surface area contributed by atoms with Crippen LogP contribution in [0.25, 0.3) is 0 Å². The van der Waals surface area contributed by atoms with Gasteiger partial charge >= 0.3 is 5.97 Å². The summed E-state index contributed by atoms with van der Waals surface area (Å²) in [6.45, 7) is 2.33. The minimum absolute atomic E-state index is 0.140. The number of benzene rings is 1. The van der Waals surface area contributed by atoms with Crippen molar-refractivity contribution in [2.45, 2.75) is 19.3 Å². The molecular formula is C13H17Cl2NO3. The number of hydrogen-bond donors (Lipinski definition) is 1. The Bertz CT molecular complexity index is 452. The molecule has 0 bridgehead atoms. The molecule has 106 valence electrons. The summed E-state index contributed by atoms with van der Waals surface area (Å²) >= 11 is 12.2. The molecule has 0 aliphatic carbocycles. The number of hydrogen-bond acceptors (Lipinski definition) is 4. The minimum Gasteiger partial charge on any atom is -0.496 e. The standard InChI is InChI=1S/C13H17Cl2NO3/c1-3-19-11(17)6-8(7-16)12-10(18-2)5-4-9(14)13(12)15/h4-5,8H,3,6-7,16H2,1-2H3. The maximum Gasteiger partial charge on any atom is 0.306 e. The average Bonchev–Trinajstić information content (AvgIpc) is 2.39. The SMILES string of the molecule is CCOC(=O)CC(CN)c1c(OC)ccc(Cl)c1Cl. The molecule has 0 saturated heterocycles. The monoisotopic (exact) mass is 305 g/mol. The Hall–Kier alpha value is -0.970. The van der Waals surface area contributed by atoms with Crippen molar-refractivity contribution in [3.63, 3.8) is 0 Å². The molecule has 0 radical (unpaired) electrons. The molecule has 0 amide bonds. The number of halogens is 2. The molecule has 1 rings (SSSR count). The third-order valence-electron chi connectivity index (χ3n) is 2.72. The number of ether oxygens (including phenoxy) is 2. The van der Waals surface area contributed by atoms with Gasteiger partial charge in [-0.15, -0.1) is 0 Å². The Morgan fingerprint density at radius 3 is 2.63 bits per heavy atom. The molecule has 1 unspecified atom stereocenters. The largest absolute Gasteiger partial charge is 0.496 e. The topological polar surface area (TPSA) is 61.5 Å². The summed E-state index contributed by atoms with van der Waals surface area (Å²) in [4.78, 5) is 11.6. The van der Waals surface area contributed by atoms with Crippen molar-refractivity contribution >= 4 is 29.2 Å². The fourth-order valence-electron chi connectivity index (χ4n) is 1.83. The van der Waals surface area contributed by atoms with E-state index in [9.17, 15) is 4.79 Å². The van der Waals surface area contributed by atoms with Gasteiger partial charge in [0.25, 0.3) is 0 Å². The smallest absolute Gasteiger partial charge is 0.306 e. The highest BCUT2D eigenvalue weighted by Gasteiger charge is 2.23. The van der Waals surface area contributed by atoms with E-state index in [0.717, 1.165) is 0 Å². The first-order chi connectivity index (χ1) is 9.04. The second-order valence-electron chi connectivity index (χ2n) is 3.92. The summed E-state index contributed by atoms with van der Waals surface area (Å²) in [6.07, 6.45) is 0.140. The number of rotatable bonds is 6. The van der Waals surface area contributed by atoms with Gasteiger partial charge in [-0.25, -0.2) is 0 Å². The second-order valence-corrected chi connectivity index (χ2v) is 4.70. The van der Waals surface area contributed by atoms with E-state index in [4.69, 9.17) is 38.4 Å². The zero-order valence-electron chi connectivity index (χ0n) is 10.9. The lowest BCUT2D eigenvalue weighted by Crippen LogP contribution is -2.19. The van der Waals surface area contributed by atoms with Crippen LogP contribution in [0.4, 0.5) is 0 Å². The summed E-state index contributed by atoms with van der Waals surface area (Å²) in [7, 11) is 1.53. The molecule has 0 aliphatic rings. The fraction of sp³-hybridized carbons (Fsp3) is 0.462. The van der Waals surface area contributed by atoms with Gasteiger partial charge in [-0.1, -0.05) is 23.2 Å². The molecule has 0 fully saturated rings. The Kier molecular flexibility index (Phi) is 6.42. The first kappa shape index (κ1) is 16.1. The van der Waals surface area contributed by atoms with Crippen LogP contribution in [0.5, 0.6) is 5.75 Å². The molecule has 0 saturated carbocycles. The normalized spacial score (nSPS) is 12.1. The lowest BCUT2D eigenvalue weighted by Gasteiger charge is -2.19. The molecule has 0 aliphatic heterocycles. The number of nitrogens with two attached hydrogens (primary N) is 1. The van der Waals surface area contributed by atoms with Gasteiger partial charge in [0.2, 0.25) is 0 Å². The van der Waals surface area contributed by atoms with Crippen molar-refractivity contribution in [2.24, 2.45) is 5.73 Å². The molecule has 0 heterocycles. The van der Waals surface area contributed by atoms with Crippen molar-refractivity contribution in [1.29, 1.82) is 0 Å². The second kappa shape index (κ2) is 7.58. The van der Waals surface area contributed by atoms with Crippen molar-refractivity contribution in [3.05, 3.63) is 27.7 Å². The maximum atomic E-state index is 11.6. The van der Waals surface area contributed by atoms with Crippen LogP contribution in [0.3, 0.4) is 0 Å². The van der Waals surface area contributed by atoms with Crippen LogP contribution in [-0.4, -0.2) is 26.2 Å². The summed E-state index contributed by atoms with van der Waals surface area (Å²) in [6, 6.07) is 3.35. The van der Waals surface area contributed by atoms with Gasteiger partial charge in [-0.05, 0) is 25.6 Å². The molecule has 1 aromatic carbocycles. The van der Waals surface area contributed by atoms with Crippen molar-refractivity contribution in [3.8, 4) is 5.75 Å². The summed E-state index contributed by atoms with van der Waals surface area (Å²) in [5, 5.41) is 0.764. The van der Waals surface area contributed by atoms with E-state index in [1.165, 1.54) is 7.11 Å². The third-order valence-corrected chi connectivity index (χ3v) is 3.54. The Labute approximate surface area is 122 Å². The third kappa shape index (κ3) is 4.00. The van der Waals surface area contributed by atoms with Gasteiger partial charge in [-0.2, -0.15) is 0 Å². The fourth-order valence-corrected chi connectivity index (χ4v) is 2.31. The van der Waals surface area contributed by atoms with E-state index in [2.05, 4.69) is 0 Å². The Balaban J connectivity index is 3.09. The number of esters is 1. The lowest BCUT2D eigenvalue weighted by molar-refractivity contribution is -0.143. The van der Waals surface area contributed by atoms with Gasteiger partial charge in [0.1, 0.15) is 5.75 Å².